The first kappa shape index (κ1) is 18.6. The third-order valence-corrected chi connectivity index (χ3v) is 4.44. The van der Waals surface area contributed by atoms with Gasteiger partial charge in [-0.05, 0) is 30.2 Å². The minimum absolute atomic E-state index is 0.0652. The maximum absolute atomic E-state index is 12.3. The molecule has 0 aliphatic carbocycles. The standard InChI is InChI=1S/C21H24N4O2/c1-3-20-23-12-14-25(20)13-4-10-24-21(26)17-7-5-16(6-8-17)18-9-11-22-15-19(18)27-2/h5-9,11-12,14-15H,3-4,10,13H2,1-2H3,(H,24,26). The Morgan fingerprint density at radius 3 is 2.74 bits per heavy atom. The molecule has 2 aromatic heterocycles. The van der Waals surface area contributed by atoms with Crippen LogP contribution in [0.25, 0.3) is 11.1 Å². The van der Waals surface area contributed by atoms with Crippen molar-refractivity contribution in [2.45, 2.75) is 26.3 Å². The molecule has 0 radical (unpaired) electrons. The molecule has 3 aromatic rings. The summed E-state index contributed by atoms with van der Waals surface area (Å²) in [4.78, 5) is 20.7. The van der Waals surface area contributed by atoms with Crippen LogP contribution in [-0.4, -0.2) is 34.1 Å². The molecule has 1 aromatic carbocycles. The topological polar surface area (TPSA) is 69.0 Å². The van der Waals surface area contributed by atoms with E-state index in [2.05, 4.69) is 26.8 Å². The fraction of sp³-hybridized carbons (Fsp3) is 0.286. The zero-order valence-electron chi connectivity index (χ0n) is 15.7. The van der Waals surface area contributed by atoms with Gasteiger partial charge in [0.15, 0.2) is 0 Å². The molecule has 3 rings (SSSR count). The van der Waals surface area contributed by atoms with E-state index in [9.17, 15) is 4.79 Å². The van der Waals surface area contributed by atoms with Crippen LogP contribution in [0.15, 0.2) is 55.1 Å². The number of imidazole rings is 1. The number of rotatable bonds is 8. The first-order valence-electron chi connectivity index (χ1n) is 9.09. The predicted molar refractivity (Wildman–Crippen MR) is 105 cm³/mol. The zero-order valence-corrected chi connectivity index (χ0v) is 15.7. The lowest BCUT2D eigenvalue weighted by atomic mass is 10.0. The summed E-state index contributed by atoms with van der Waals surface area (Å²) in [6.07, 6.45) is 8.97. The normalized spacial score (nSPS) is 10.6. The number of carbonyl (C=O) groups is 1. The maximum atomic E-state index is 12.3. The largest absolute Gasteiger partial charge is 0.494 e. The van der Waals surface area contributed by atoms with Gasteiger partial charge in [0.1, 0.15) is 11.6 Å². The van der Waals surface area contributed by atoms with Crippen molar-refractivity contribution < 1.29 is 9.53 Å². The number of ether oxygens (including phenoxy) is 1. The molecule has 0 spiro atoms. The minimum atomic E-state index is -0.0652. The highest BCUT2D eigenvalue weighted by Crippen LogP contribution is 2.28. The summed E-state index contributed by atoms with van der Waals surface area (Å²) >= 11 is 0. The molecule has 140 valence electrons. The van der Waals surface area contributed by atoms with Gasteiger partial charge in [0.25, 0.3) is 5.91 Å². The number of nitrogens with one attached hydrogen (secondary N) is 1. The van der Waals surface area contributed by atoms with Gasteiger partial charge < -0.3 is 14.6 Å². The number of methoxy groups -OCH3 is 1. The van der Waals surface area contributed by atoms with Crippen molar-refractivity contribution in [3.8, 4) is 16.9 Å². The molecule has 1 N–H and O–H groups in total. The van der Waals surface area contributed by atoms with E-state index in [1.807, 2.05) is 42.7 Å². The predicted octanol–water partition coefficient (Wildman–Crippen LogP) is 3.34. The summed E-state index contributed by atoms with van der Waals surface area (Å²) in [6.45, 7) is 3.57. The van der Waals surface area contributed by atoms with Crippen LogP contribution < -0.4 is 10.1 Å². The van der Waals surface area contributed by atoms with E-state index >= 15 is 0 Å². The Morgan fingerprint density at radius 2 is 2.00 bits per heavy atom. The molecule has 0 aliphatic rings. The van der Waals surface area contributed by atoms with Gasteiger partial charge in [-0.3, -0.25) is 9.78 Å². The first-order valence-corrected chi connectivity index (χ1v) is 9.09. The van der Waals surface area contributed by atoms with Crippen molar-refractivity contribution >= 4 is 5.91 Å². The van der Waals surface area contributed by atoms with Crippen LogP contribution >= 0.6 is 0 Å². The maximum Gasteiger partial charge on any atom is 0.251 e. The molecule has 27 heavy (non-hydrogen) atoms. The van der Waals surface area contributed by atoms with Crippen molar-refractivity contribution in [2.24, 2.45) is 0 Å². The first-order chi connectivity index (χ1) is 13.2. The van der Waals surface area contributed by atoms with Crippen LogP contribution in [0.4, 0.5) is 0 Å². The molecule has 0 aliphatic heterocycles. The van der Waals surface area contributed by atoms with Gasteiger partial charge >= 0.3 is 0 Å². The number of hydrogen-bond acceptors (Lipinski definition) is 4. The molecule has 1 amide bonds. The summed E-state index contributed by atoms with van der Waals surface area (Å²) in [5.41, 5.74) is 2.58. The van der Waals surface area contributed by atoms with Crippen molar-refractivity contribution in [1.82, 2.24) is 19.9 Å². The third-order valence-electron chi connectivity index (χ3n) is 4.44. The third kappa shape index (κ3) is 4.53. The molecule has 0 fully saturated rings. The molecule has 0 saturated heterocycles. The lowest BCUT2D eigenvalue weighted by Gasteiger charge is -2.10. The number of benzene rings is 1. The molecule has 0 saturated carbocycles. The Bertz CT molecular complexity index is 887. The second-order valence-corrected chi connectivity index (χ2v) is 6.15. The number of amides is 1. The zero-order chi connectivity index (χ0) is 19.1. The highest BCUT2D eigenvalue weighted by Gasteiger charge is 2.08. The SMILES string of the molecule is CCc1nccn1CCCNC(=O)c1ccc(-c2ccncc2OC)cc1. The Labute approximate surface area is 159 Å². The minimum Gasteiger partial charge on any atom is -0.494 e. The van der Waals surface area contributed by atoms with Crippen molar-refractivity contribution in [1.29, 1.82) is 0 Å². The quantitative estimate of drug-likeness (QED) is 0.623. The van der Waals surface area contributed by atoms with E-state index in [-0.39, 0.29) is 5.91 Å². The fourth-order valence-corrected chi connectivity index (χ4v) is 2.99. The Kier molecular flexibility index (Phi) is 6.20. The number of carbonyl (C=O) groups excluding carboxylic acids is 1. The van der Waals surface area contributed by atoms with Gasteiger partial charge in [-0.25, -0.2) is 4.98 Å². The number of hydrogen-bond donors (Lipinski definition) is 1. The fourth-order valence-electron chi connectivity index (χ4n) is 2.99. The van der Waals surface area contributed by atoms with Crippen LogP contribution in [0.1, 0.15) is 29.5 Å². The highest BCUT2D eigenvalue weighted by atomic mass is 16.5. The average molecular weight is 364 g/mol. The monoisotopic (exact) mass is 364 g/mol. The van der Waals surface area contributed by atoms with Crippen molar-refractivity contribution in [3.05, 3.63) is 66.5 Å². The van der Waals surface area contributed by atoms with Crippen LogP contribution in [0.2, 0.25) is 0 Å². The van der Waals surface area contributed by atoms with Crippen LogP contribution in [-0.2, 0) is 13.0 Å². The van der Waals surface area contributed by atoms with E-state index < -0.39 is 0 Å². The Balaban J connectivity index is 1.55. The van der Waals surface area contributed by atoms with Crippen LogP contribution in [0.5, 0.6) is 5.75 Å². The summed E-state index contributed by atoms with van der Waals surface area (Å²) < 4.78 is 7.47. The van der Waals surface area contributed by atoms with Gasteiger partial charge in [-0.15, -0.1) is 0 Å². The Hall–Kier alpha value is -3.15. The van der Waals surface area contributed by atoms with E-state index in [1.165, 1.54) is 0 Å². The highest BCUT2D eigenvalue weighted by molar-refractivity contribution is 5.94. The molecule has 6 heteroatoms. The molecular weight excluding hydrogens is 340 g/mol. The van der Waals surface area contributed by atoms with Gasteiger partial charge in [-0.1, -0.05) is 19.1 Å². The number of pyridine rings is 1. The molecule has 2 heterocycles. The van der Waals surface area contributed by atoms with Crippen molar-refractivity contribution in [2.75, 3.05) is 13.7 Å². The summed E-state index contributed by atoms with van der Waals surface area (Å²) in [5, 5.41) is 2.97. The summed E-state index contributed by atoms with van der Waals surface area (Å²) in [7, 11) is 1.62. The number of aryl methyl sites for hydroxylation is 2. The van der Waals surface area contributed by atoms with E-state index in [0.29, 0.717) is 17.9 Å². The van der Waals surface area contributed by atoms with Gasteiger partial charge in [-0.2, -0.15) is 0 Å². The van der Waals surface area contributed by atoms with E-state index in [1.54, 1.807) is 19.5 Å². The second kappa shape index (κ2) is 8.98. The van der Waals surface area contributed by atoms with Crippen LogP contribution in [0.3, 0.4) is 0 Å². The van der Waals surface area contributed by atoms with Gasteiger partial charge in [0.05, 0.1) is 13.3 Å². The van der Waals surface area contributed by atoms with E-state index in [0.717, 1.165) is 36.3 Å². The molecule has 0 unspecified atom stereocenters. The second-order valence-electron chi connectivity index (χ2n) is 6.15. The number of nitrogens with zero attached hydrogens (tertiary/aromatic N) is 3. The smallest absolute Gasteiger partial charge is 0.251 e. The summed E-state index contributed by atoms with van der Waals surface area (Å²) in [5.74, 6) is 1.72. The number of aromatic nitrogens is 3. The molecular formula is C21H24N4O2. The van der Waals surface area contributed by atoms with Crippen molar-refractivity contribution in [3.63, 3.8) is 0 Å². The van der Waals surface area contributed by atoms with Gasteiger partial charge in [0.2, 0.25) is 0 Å². The molecule has 0 bridgehead atoms. The Morgan fingerprint density at radius 1 is 1.19 bits per heavy atom. The summed E-state index contributed by atoms with van der Waals surface area (Å²) in [6, 6.07) is 9.40. The van der Waals surface area contributed by atoms with E-state index in [4.69, 9.17) is 4.74 Å². The van der Waals surface area contributed by atoms with Crippen LogP contribution in [0, 0.1) is 0 Å². The average Bonchev–Trinajstić information content (AvgIpc) is 3.18. The lowest BCUT2D eigenvalue weighted by Crippen LogP contribution is -2.25. The van der Waals surface area contributed by atoms with Gasteiger partial charge in [0, 0.05) is 49.2 Å². The molecule has 6 nitrogen and oxygen atoms in total. The molecule has 0 atom stereocenters. The lowest BCUT2D eigenvalue weighted by molar-refractivity contribution is 0.0952.